The normalized spacial score (nSPS) is 14.3. The Bertz CT molecular complexity index is 134. The second kappa shape index (κ2) is 5.51. The molecule has 72 valence electrons. The van der Waals surface area contributed by atoms with E-state index in [0.717, 1.165) is 6.29 Å². The van der Waals surface area contributed by atoms with Crippen LogP contribution in [0, 0.1) is 0 Å². The van der Waals surface area contributed by atoms with Crippen LogP contribution < -0.4 is 5.32 Å². The van der Waals surface area contributed by atoms with Crippen LogP contribution in [-0.4, -0.2) is 24.5 Å². The van der Waals surface area contributed by atoms with Crippen molar-refractivity contribution in [1.29, 1.82) is 0 Å². The number of carbonyl (C=O) groups excluding carboxylic acids is 1. The van der Waals surface area contributed by atoms with E-state index in [9.17, 15) is 4.79 Å². The van der Waals surface area contributed by atoms with Gasteiger partial charge in [0.25, 0.3) is 0 Å². The molecule has 1 N–H and O–H groups in total. The van der Waals surface area contributed by atoms with Gasteiger partial charge in [0.1, 0.15) is 6.29 Å². The van der Waals surface area contributed by atoms with Gasteiger partial charge in [-0.2, -0.15) is 0 Å². The van der Waals surface area contributed by atoms with Crippen molar-refractivity contribution in [2.24, 2.45) is 0 Å². The number of rotatable bonds is 5. The standard InChI is InChI=1S/C8H16ClNO2/c1-8(2,3)10-7(4-5-11)6-12-9/h5,7,10H,4,6H2,1-3H3. The number of hydrogen-bond acceptors (Lipinski definition) is 3. The summed E-state index contributed by atoms with van der Waals surface area (Å²) in [6, 6.07) is -0.000000000000000222. The Morgan fingerprint density at radius 1 is 1.58 bits per heavy atom. The van der Waals surface area contributed by atoms with Gasteiger partial charge in [0.05, 0.1) is 18.5 Å². The van der Waals surface area contributed by atoms with Crippen molar-refractivity contribution >= 4 is 18.2 Å². The first-order valence-corrected chi connectivity index (χ1v) is 4.25. The molecule has 12 heavy (non-hydrogen) atoms. The second-order valence-electron chi connectivity index (χ2n) is 3.77. The van der Waals surface area contributed by atoms with E-state index in [1.807, 2.05) is 20.8 Å². The SMILES string of the molecule is CC(C)(C)NC(CC=O)COCl. The molecule has 0 fully saturated rings. The summed E-state index contributed by atoms with van der Waals surface area (Å²) in [5, 5.41) is 3.22. The molecule has 0 aliphatic rings. The quantitative estimate of drug-likeness (QED) is 0.673. The Labute approximate surface area is 78.6 Å². The molecule has 0 amide bonds. The van der Waals surface area contributed by atoms with Crippen molar-refractivity contribution in [3.8, 4) is 0 Å². The molecule has 0 aliphatic heterocycles. The van der Waals surface area contributed by atoms with E-state index in [4.69, 9.17) is 11.9 Å². The average Bonchev–Trinajstić information content (AvgIpc) is 1.84. The molecular formula is C8H16ClNO2. The zero-order valence-corrected chi connectivity index (χ0v) is 8.52. The first-order valence-electron chi connectivity index (χ1n) is 3.94. The van der Waals surface area contributed by atoms with Gasteiger partial charge in [-0.15, -0.1) is 0 Å². The van der Waals surface area contributed by atoms with Crippen LogP contribution in [0.1, 0.15) is 27.2 Å². The molecule has 3 nitrogen and oxygen atoms in total. The fourth-order valence-corrected chi connectivity index (χ4v) is 1.13. The fraction of sp³-hybridized carbons (Fsp3) is 0.875. The monoisotopic (exact) mass is 193 g/mol. The summed E-state index contributed by atoms with van der Waals surface area (Å²) >= 11 is 5.10. The zero-order valence-electron chi connectivity index (χ0n) is 7.76. The molecule has 1 atom stereocenters. The molecule has 0 aliphatic carbocycles. The van der Waals surface area contributed by atoms with Crippen LogP contribution in [0.25, 0.3) is 0 Å². The van der Waals surface area contributed by atoms with Crippen molar-refractivity contribution in [3.63, 3.8) is 0 Å². The van der Waals surface area contributed by atoms with Gasteiger partial charge in [-0.05, 0) is 20.8 Å². The van der Waals surface area contributed by atoms with Crippen LogP contribution in [-0.2, 0) is 9.08 Å². The molecule has 1 unspecified atom stereocenters. The molecule has 0 radical (unpaired) electrons. The summed E-state index contributed by atoms with van der Waals surface area (Å²) in [6.07, 6.45) is 1.28. The predicted octanol–water partition coefficient (Wildman–Crippen LogP) is 1.50. The minimum Gasteiger partial charge on any atom is -0.307 e. The Kier molecular flexibility index (Phi) is 5.46. The highest BCUT2D eigenvalue weighted by molar-refractivity contribution is 6.07. The number of hydrogen-bond donors (Lipinski definition) is 1. The van der Waals surface area contributed by atoms with Gasteiger partial charge in [-0.3, -0.25) is 4.29 Å². The maximum atomic E-state index is 10.2. The summed E-state index contributed by atoms with van der Waals surface area (Å²) < 4.78 is 4.45. The third-order valence-corrected chi connectivity index (χ3v) is 1.41. The van der Waals surface area contributed by atoms with Crippen LogP contribution in [0.5, 0.6) is 0 Å². The zero-order chi connectivity index (χ0) is 9.61. The Hall–Kier alpha value is -0.120. The topological polar surface area (TPSA) is 38.3 Å². The highest BCUT2D eigenvalue weighted by atomic mass is 35.5. The molecular weight excluding hydrogens is 178 g/mol. The first kappa shape index (κ1) is 11.9. The molecule has 0 spiro atoms. The van der Waals surface area contributed by atoms with Crippen molar-refractivity contribution in [1.82, 2.24) is 5.32 Å². The van der Waals surface area contributed by atoms with Gasteiger partial charge in [0.15, 0.2) is 0 Å². The van der Waals surface area contributed by atoms with Gasteiger partial charge >= 0.3 is 0 Å². The van der Waals surface area contributed by atoms with Crippen LogP contribution in [0.4, 0.5) is 0 Å². The van der Waals surface area contributed by atoms with Crippen LogP contribution in [0.2, 0.25) is 0 Å². The summed E-state index contributed by atoms with van der Waals surface area (Å²) in [5.41, 5.74) is -0.0247. The number of aldehydes is 1. The Morgan fingerprint density at radius 2 is 2.17 bits per heavy atom. The van der Waals surface area contributed by atoms with E-state index in [2.05, 4.69) is 9.61 Å². The first-order chi connectivity index (χ1) is 5.49. The molecule has 0 aromatic rings. The van der Waals surface area contributed by atoms with Gasteiger partial charge in [-0.25, -0.2) is 0 Å². The largest absolute Gasteiger partial charge is 0.307 e. The van der Waals surface area contributed by atoms with Crippen LogP contribution in [0.3, 0.4) is 0 Å². The third kappa shape index (κ3) is 6.58. The lowest BCUT2D eigenvalue weighted by Gasteiger charge is -2.26. The molecule has 0 bridgehead atoms. The minimum absolute atomic E-state index is 0.000000000000000222. The smallest absolute Gasteiger partial charge is 0.121 e. The highest BCUT2D eigenvalue weighted by Gasteiger charge is 2.16. The molecule has 0 aromatic carbocycles. The fourth-order valence-electron chi connectivity index (χ4n) is 0.973. The lowest BCUT2D eigenvalue weighted by molar-refractivity contribution is -0.108. The Morgan fingerprint density at radius 3 is 2.50 bits per heavy atom. The van der Waals surface area contributed by atoms with E-state index < -0.39 is 0 Å². The molecule has 4 heteroatoms. The van der Waals surface area contributed by atoms with E-state index in [1.165, 1.54) is 0 Å². The predicted molar refractivity (Wildman–Crippen MR) is 49.2 cm³/mol. The molecule has 0 rings (SSSR count). The lowest BCUT2D eigenvalue weighted by Crippen LogP contribution is -2.45. The molecule has 0 saturated heterocycles. The summed E-state index contributed by atoms with van der Waals surface area (Å²) in [5.74, 6) is 0. The van der Waals surface area contributed by atoms with E-state index >= 15 is 0 Å². The van der Waals surface area contributed by atoms with Crippen molar-refractivity contribution < 1.29 is 9.08 Å². The number of carbonyl (C=O) groups is 1. The van der Waals surface area contributed by atoms with Gasteiger partial charge in [0.2, 0.25) is 0 Å². The van der Waals surface area contributed by atoms with Crippen molar-refractivity contribution in [2.75, 3.05) is 6.61 Å². The van der Waals surface area contributed by atoms with E-state index in [-0.39, 0.29) is 11.6 Å². The summed E-state index contributed by atoms with van der Waals surface area (Å²) in [4.78, 5) is 10.2. The number of halogens is 1. The lowest BCUT2D eigenvalue weighted by atomic mass is 10.1. The molecule has 0 heterocycles. The minimum atomic E-state index is -0.0247. The maximum absolute atomic E-state index is 10.2. The average molecular weight is 194 g/mol. The number of nitrogens with one attached hydrogen (secondary N) is 1. The van der Waals surface area contributed by atoms with Gasteiger partial charge in [0, 0.05) is 18.0 Å². The summed E-state index contributed by atoms with van der Waals surface area (Å²) in [6.45, 7) is 6.43. The highest BCUT2D eigenvalue weighted by Crippen LogP contribution is 2.03. The van der Waals surface area contributed by atoms with Crippen LogP contribution in [0.15, 0.2) is 0 Å². The van der Waals surface area contributed by atoms with E-state index in [1.54, 1.807) is 0 Å². The van der Waals surface area contributed by atoms with Gasteiger partial charge in [-0.1, -0.05) is 0 Å². The second-order valence-corrected chi connectivity index (χ2v) is 3.99. The molecule has 0 saturated carbocycles. The molecule has 0 aromatic heterocycles. The van der Waals surface area contributed by atoms with E-state index in [0.29, 0.717) is 13.0 Å². The Balaban J connectivity index is 3.85. The van der Waals surface area contributed by atoms with Crippen LogP contribution >= 0.6 is 11.9 Å². The maximum Gasteiger partial charge on any atom is 0.121 e. The van der Waals surface area contributed by atoms with Crippen molar-refractivity contribution in [2.45, 2.75) is 38.8 Å². The van der Waals surface area contributed by atoms with Crippen molar-refractivity contribution in [3.05, 3.63) is 0 Å². The third-order valence-electron chi connectivity index (χ3n) is 1.28. The summed E-state index contributed by atoms with van der Waals surface area (Å²) in [7, 11) is 0. The van der Waals surface area contributed by atoms with Gasteiger partial charge < -0.3 is 10.1 Å².